The Hall–Kier alpha value is -3.49. The molecule has 0 N–H and O–H groups in total. The van der Waals surface area contributed by atoms with E-state index in [2.05, 4.69) is 19.6 Å². The van der Waals surface area contributed by atoms with Crippen LogP contribution in [-0.2, 0) is 33.4 Å². The minimum absolute atomic E-state index is 0.0621. The minimum Gasteiger partial charge on any atom is -0.340 e. The fourth-order valence-electron chi connectivity index (χ4n) is 3.78. The number of alkyl halides is 6. The molecule has 1 aliphatic heterocycles. The summed E-state index contributed by atoms with van der Waals surface area (Å²) in [5.74, 6) is -4.11. The standard InChI is InChI=1S/C22H18F6N4O4S/c23-21(24,25)15-3-1-2-13(10-15)17(19(33)32-6-8-37(34,35)9-7-32)11-16-5-4-14(12-29-16)18-30-20(36-31-18)22(26,27)28/h1-5,10,12,17H,6-9,11H2/t17-/m1/s1. The van der Waals surface area contributed by atoms with Crippen molar-refractivity contribution in [3.63, 3.8) is 0 Å². The lowest BCUT2D eigenvalue weighted by atomic mass is 9.91. The van der Waals surface area contributed by atoms with Crippen LogP contribution in [0.5, 0.6) is 0 Å². The van der Waals surface area contributed by atoms with E-state index in [0.717, 1.165) is 18.3 Å². The zero-order valence-electron chi connectivity index (χ0n) is 18.8. The Balaban J connectivity index is 1.62. The highest BCUT2D eigenvalue weighted by Crippen LogP contribution is 2.33. The number of nitrogens with zero attached hydrogens (tertiary/aromatic N) is 4. The number of rotatable bonds is 5. The molecule has 3 aromatic rings. The Morgan fingerprint density at radius 2 is 1.73 bits per heavy atom. The molecule has 0 bridgehead atoms. The summed E-state index contributed by atoms with van der Waals surface area (Å²) in [5, 5.41) is 3.26. The molecule has 0 unspecified atom stereocenters. The van der Waals surface area contributed by atoms with Gasteiger partial charge in [-0.3, -0.25) is 9.78 Å². The Labute approximate surface area is 206 Å². The zero-order chi connectivity index (χ0) is 27.0. The highest BCUT2D eigenvalue weighted by atomic mass is 32.2. The van der Waals surface area contributed by atoms with Gasteiger partial charge in [-0.25, -0.2) is 8.42 Å². The molecule has 1 saturated heterocycles. The van der Waals surface area contributed by atoms with Crippen molar-refractivity contribution in [3.05, 3.63) is 65.3 Å². The van der Waals surface area contributed by atoms with E-state index in [1.807, 2.05) is 0 Å². The van der Waals surface area contributed by atoms with Gasteiger partial charge in [-0.2, -0.15) is 31.3 Å². The second-order valence-corrected chi connectivity index (χ2v) is 10.6. The lowest BCUT2D eigenvalue weighted by Crippen LogP contribution is -2.46. The summed E-state index contributed by atoms with van der Waals surface area (Å²) in [6, 6.07) is 6.98. The van der Waals surface area contributed by atoms with Crippen LogP contribution >= 0.6 is 0 Å². The zero-order valence-corrected chi connectivity index (χ0v) is 19.6. The van der Waals surface area contributed by atoms with Crippen molar-refractivity contribution in [2.45, 2.75) is 24.7 Å². The highest BCUT2D eigenvalue weighted by Gasteiger charge is 2.39. The third-order valence-corrected chi connectivity index (χ3v) is 7.34. The van der Waals surface area contributed by atoms with Gasteiger partial charge in [0, 0.05) is 37.0 Å². The normalized spacial score (nSPS) is 17.0. The number of carbonyl (C=O) groups excluding carboxylic acids is 1. The summed E-state index contributed by atoms with van der Waals surface area (Å²) in [6.45, 7) is -0.190. The fourth-order valence-corrected chi connectivity index (χ4v) is 4.98. The lowest BCUT2D eigenvalue weighted by molar-refractivity contribution is -0.159. The monoisotopic (exact) mass is 548 g/mol. The number of amides is 1. The van der Waals surface area contributed by atoms with Gasteiger partial charge < -0.3 is 9.42 Å². The van der Waals surface area contributed by atoms with Crippen LogP contribution in [0.2, 0.25) is 0 Å². The summed E-state index contributed by atoms with van der Waals surface area (Å²) in [4.78, 5) is 22.0. The minimum atomic E-state index is -4.83. The van der Waals surface area contributed by atoms with E-state index in [1.54, 1.807) is 0 Å². The molecule has 1 aliphatic rings. The highest BCUT2D eigenvalue weighted by molar-refractivity contribution is 7.91. The molecule has 8 nitrogen and oxygen atoms in total. The Kier molecular flexibility index (Phi) is 7.01. The lowest BCUT2D eigenvalue weighted by Gasteiger charge is -2.30. The number of pyridine rings is 1. The number of hydrogen-bond donors (Lipinski definition) is 0. The van der Waals surface area contributed by atoms with Crippen LogP contribution in [0.15, 0.2) is 47.1 Å². The first-order chi connectivity index (χ1) is 17.2. The first kappa shape index (κ1) is 26.6. The SMILES string of the molecule is O=C([C@H](Cc1ccc(-c2noc(C(F)(F)F)n2)cn1)c1cccc(C(F)(F)F)c1)N1CCS(=O)(=O)CC1. The van der Waals surface area contributed by atoms with Crippen molar-refractivity contribution < 1.29 is 44.1 Å². The molecule has 0 saturated carbocycles. The summed E-state index contributed by atoms with van der Waals surface area (Å²) in [5.41, 5.74) is -0.549. The maximum atomic E-state index is 13.3. The van der Waals surface area contributed by atoms with Crippen molar-refractivity contribution in [1.82, 2.24) is 20.0 Å². The molecule has 0 spiro atoms. The van der Waals surface area contributed by atoms with Crippen molar-refractivity contribution in [2.24, 2.45) is 0 Å². The Bertz CT molecular complexity index is 1370. The average Bonchev–Trinajstić information content (AvgIpc) is 3.33. The molecule has 1 amide bonds. The molecule has 1 fully saturated rings. The van der Waals surface area contributed by atoms with Crippen LogP contribution in [-0.4, -0.2) is 58.9 Å². The molecule has 0 aliphatic carbocycles. The van der Waals surface area contributed by atoms with Gasteiger partial charge in [-0.1, -0.05) is 23.4 Å². The maximum absolute atomic E-state index is 13.3. The van der Waals surface area contributed by atoms with E-state index in [0.29, 0.717) is 0 Å². The second kappa shape index (κ2) is 9.76. The molecule has 37 heavy (non-hydrogen) atoms. The average molecular weight is 548 g/mol. The van der Waals surface area contributed by atoms with Gasteiger partial charge >= 0.3 is 18.2 Å². The number of aromatic nitrogens is 3. The number of hydrogen-bond acceptors (Lipinski definition) is 7. The van der Waals surface area contributed by atoms with Crippen LogP contribution in [0.25, 0.3) is 11.4 Å². The summed E-state index contributed by atoms with van der Waals surface area (Å²) < 4.78 is 106. The number of halogens is 6. The van der Waals surface area contributed by atoms with Crippen LogP contribution in [0.3, 0.4) is 0 Å². The molecule has 198 valence electrons. The van der Waals surface area contributed by atoms with Gasteiger partial charge in [0.1, 0.15) is 0 Å². The van der Waals surface area contributed by atoms with Gasteiger partial charge in [0.2, 0.25) is 11.7 Å². The third-order valence-electron chi connectivity index (χ3n) is 5.74. The smallest absolute Gasteiger partial charge is 0.340 e. The van der Waals surface area contributed by atoms with Gasteiger partial charge in [-0.05, 0) is 23.8 Å². The van der Waals surface area contributed by atoms with Gasteiger partial charge in [0.05, 0.1) is 23.0 Å². The predicted molar refractivity (Wildman–Crippen MR) is 116 cm³/mol. The predicted octanol–water partition coefficient (Wildman–Crippen LogP) is 3.75. The van der Waals surface area contributed by atoms with Crippen LogP contribution < -0.4 is 0 Å². The first-order valence-electron chi connectivity index (χ1n) is 10.8. The summed E-state index contributed by atoms with van der Waals surface area (Å²) in [7, 11) is -3.31. The van der Waals surface area contributed by atoms with E-state index in [4.69, 9.17) is 0 Å². The van der Waals surface area contributed by atoms with E-state index < -0.39 is 45.5 Å². The number of benzene rings is 1. The first-order valence-corrected chi connectivity index (χ1v) is 12.6. The van der Waals surface area contributed by atoms with Crippen LogP contribution in [0.4, 0.5) is 26.3 Å². The van der Waals surface area contributed by atoms with Gasteiger partial charge in [0.25, 0.3) is 0 Å². The van der Waals surface area contributed by atoms with Crippen molar-refractivity contribution in [2.75, 3.05) is 24.6 Å². The van der Waals surface area contributed by atoms with Crippen LogP contribution in [0, 0.1) is 0 Å². The van der Waals surface area contributed by atoms with E-state index in [-0.39, 0.29) is 53.7 Å². The van der Waals surface area contributed by atoms with Crippen molar-refractivity contribution in [3.8, 4) is 11.4 Å². The number of sulfone groups is 1. The molecule has 2 aromatic heterocycles. The molecule has 3 heterocycles. The molecule has 15 heteroatoms. The Morgan fingerprint density at radius 3 is 2.30 bits per heavy atom. The van der Waals surface area contributed by atoms with Gasteiger partial charge in [0.15, 0.2) is 9.84 Å². The molecular formula is C22H18F6N4O4S. The van der Waals surface area contributed by atoms with Crippen molar-refractivity contribution in [1.29, 1.82) is 0 Å². The van der Waals surface area contributed by atoms with Crippen LogP contribution in [0.1, 0.15) is 28.6 Å². The molecule has 4 rings (SSSR count). The third kappa shape index (κ3) is 6.26. The summed E-state index contributed by atoms with van der Waals surface area (Å²) >= 11 is 0. The topological polar surface area (TPSA) is 106 Å². The molecule has 0 radical (unpaired) electrons. The van der Waals surface area contributed by atoms with E-state index in [9.17, 15) is 39.6 Å². The van der Waals surface area contributed by atoms with E-state index in [1.165, 1.54) is 29.2 Å². The molecule has 1 aromatic carbocycles. The maximum Gasteiger partial charge on any atom is 0.471 e. The van der Waals surface area contributed by atoms with Gasteiger partial charge in [-0.15, -0.1) is 0 Å². The summed E-state index contributed by atoms with van der Waals surface area (Å²) in [6.07, 6.45) is -8.47. The largest absolute Gasteiger partial charge is 0.471 e. The quantitative estimate of drug-likeness (QED) is 0.447. The second-order valence-electron chi connectivity index (χ2n) is 8.32. The molecular weight excluding hydrogens is 530 g/mol. The fraction of sp³-hybridized carbons (Fsp3) is 0.364. The van der Waals surface area contributed by atoms with E-state index >= 15 is 0 Å². The Morgan fingerprint density at radius 1 is 1.03 bits per heavy atom. The van der Waals surface area contributed by atoms with Crippen molar-refractivity contribution >= 4 is 15.7 Å². The molecule has 1 atom stereocenters. The number of carbonyl (C=O) groups is 1.